The number of benzene rings is 1. The summed E-state index contributed by atoms with van der Waals surface area (Å²) in [4.78, 5) is 14.7. The topological polar surface area (TPSA) is 41.6 Å². The lowest BCUT2D eigenvalue weighted by Gasteiger charge is -2.34. The number of nitrogens with one attached hydrogen (secondary N) is 1. The summed E-state index contributed by atoms with van der Waals surface area (Å²) in [5, 5.41) is 3.02. The highest BCUT2D eigenvalue weighted by Crippen LogP contribution is 2.32. The normalized spacial score (nSPS) is 16.8. The van der Waals surface area contributed by atoms with Crippen LogP contribution in [0.2, 0.25) is 0 Å². The number of ether oxygens (including phenoxy) is 1. The van der Waals surface area contributed by atoms with E-state index >= 15 is 0 Å². The van der Waals surface area contributed by atoms with Gasteiger partial charge in [-0.1, -0.05) is 19.1 Å². The zero-order chi connectivity index (χ0) is 16.3. The summed E-state index contributed by atoms with van der Waals surface area (Å²) in [6.45, 7) is 8.54. The zero-order valence-corrected chi connectivity index (χ0v) is 13.8. The van der Waals surface area contributed by atoms with E-state index in [-0.39, 0.29) is 17.6 Å². The molecule has 0 spiro atoms. The Bertz CT molecular complexity index is 541. The Kier molecular flexibility index (Phi) is 5.06. The van der Waals surface area contributed by atoms with Crippen LogP contribution in [0.1, 0.15) is 32.8 Å². The summed E-state index contributed by atoms with van der Waals surface area (Å²) in [7, 11) is 1.44. The number of carbonyl (C=O) groups excluding carboxylic acids is 1. The molecule has 0 radical (unpaired) electrons. The van der Waals surface area contributed by atoms with Gasteiger partial charge in [0.05, 0.1) is 12.6 Å². The van der Waals surface area contributed by atoms with Gasteiger partial charge in [-0.15, -0.1) is 0 Å². The van der Waals surface area contributed by atoms with Crippen molar-refractivity contribution in [3.8, 4) is 5.75 Å². The molecule has 1 N–H and O–H groups in total. The predicted octanol–water partition coefficient (Wildman–Crippen LogP) is 2.53. The maximum atomic E-state index is 13.9. The number of para-hydroxylation sites is 1. The summed E-state index contributed by atoms with van der Waals surface area (Å²) in [6, 6.07) is 4.76. The molecular formula is C17H25FN2O2. The van der Waals surface area contributed by atoms with Crippen LogP contribution in [0.25, 0.3) is 0 Å². The first-order valence-corrected chi connectivity index (χ1v) is 7.72. The first-order chi connectivity index (χ1) is 10.3. The molecule has 0 aliphatic carbocycles. The van der Waals surface area contributed by atoms with Crippen LogP contribution in [0.15, 0.2) is 18.2 Å². The molecule has 0 aromatic heterocycles. The standard InChI is InChI=1S/C17H25FN2O2/c1-12(11-20-9-6-10-20)16(21)19-17(2,3)13-7-5-8-14(18)15(13)22-4/h5,7-8,12H,6,9-11H2,1-4H3,(H,19,21)/t12-/m1/s1. The Labute approximate surface area is 131 Å². The van der Waals surface area contributed by atoms with Crippen LogP contribution < -0.4 is 10.1 Å². The molecule has 1 aromatic carbocycles. The summed E-state index contributed by atoms with van der Waals surface area (Å²) < 4.78 is 19.0. The predicted molar refractivity (Wildman–Crippen MR) is 84.3 cm³/mol. The second kappa shape index (κ2) is 6.65. The van der Waals surface area contributed by atoms with Crippen molar-refractivity contribution in [1.82, 2.24) is 10.2 Å². The van der Waals surface area contributed by atoms with Crippen molar-refractivity contribution in [2.24, 2.45) is 5.92 Å². The van der Waals surface area contributed by atoms with Crippen molar-refractivity contribution >= 4 is 5.91 Å². The monoisotopic (exact) mass is 308 g/mol. The smallest absolute Gasteiger partial charge is 0.224 e. The molecule has 1 fully saturated rings. The van der Waals surface area contributed by atoms with Crippen LogP contribution in [0.3, 0.4) is 0 Å². The van der Waals surface area contributed by atoms with E-state index in [1.165, 1.54) is 19.6 Å². The average molecular weight is 308 g/mol. The van der Waals surface area contributed by atoms with Gasteiger partial charge in [0.1, 0.15) is 0 Å². The third-order valence-corrected chi connectivity index (χ3v) is 4.21. The van der Waals surface area contributed by atoms with Crippen LogP contribution in [0.5, 0.6) is 5.75 Å². The Morgan fingerprint density at radius 3 is 2.68 bits per heavy atom. The van der Waals surface area contributed by atoms with E-state index in [0.717, 1.165) is 19.6 Å². The Morgan fingerprint density at radius 2 is 2.14 bits per heavy atom. The molecule has 0 bridgehead atoms. The summed E-state index contributed by atoms with van der Waals surface area (Å²) in [5.41, 5.74) is -0.0622. The second-order valence-corrected chi connectivity index (χ2v) is 6.49. The minimum absolute atomic E-state index is 0.0248. The van der Waals surface area contributed by atoms with Gasteiger partial charge in [0.15, 0.2) is 11.6 Å². The lowest BCUT2D eigenvalue weighted by atomic mass is 9.92. The lowest BCUT2D eigenvalue weighted by Crippen LogP contribution is -2.48. The summed E-state index contributed by atoms with van der Waals surface area (Å²) in [5.74, 6) is -0.360. The third kappa shape index (κ3) is 3.58. The molecule has 1 aliphatic heterocycles. The summed E-state index contributed by atoms with van der Waals surface area (Å²) >= 11 is 0. The molecule has 4 nitrogen and oxygen atoms in total. The van der Waals surface area contributed by atoms with Crippen molar-refractivity contribution < 1.29 is 13.9 Å². The van der Waals surface area contributed by atoms with Crippen LogP contribution in [-0.4, -0.2) is 37.6 Å². The number of carbonyl (C=O) groups is 1. The van der Waals surface area contributed by atoms with E-state index in [9.17, 15) is 9.18 Å². The average Bonchev–Trinajstić information content (AvgIpc) is 2.41. The van der Waals surface area contributed by atoms with Gasteiger partial charge in [-0.3, -0.25) is 4.79 Å². The molecule has 0 saturated carbocycles. The number of hydrogen-bond acceptors (Lipinski definition) is 3. The molecule has 1 amide bonds. The van der Waals surface area contributed by atoms with Gasteiger partial charge in [0, 0.05) is 18.0 Å². The molecule has 122 valence electrons. The quantitative estimate of drug-likeness (QED) is 0.878. The lowest BCUT2D eigenvalue weighted by molar-refractivity contribution is -0.127. The number of methoxy groups -OCH3 is 1. The van der Waals surface area contributed by atoms with Gasteiger partial charge in [0.25, 0.3) is 0 Å². The number of likely N-dealkylation sites (tertiary alicyclic amines) is 1. The molecule has 1 aromatic rings. The van der Waals surface area contributed by atoms with Crippen LogP contribution in [0.4, 0.5) is 4.39 Å². The van der Waals surface area contributed by atoms with Crippen LogP contribution in [-0.2, 0) is 10.3 Å². The number of nitrogens with zero attached hydrogens (tertiary/aromatic N) is 1. The van der Waals surface area contributed by atoms with E-state index in [4.69, 9.17) is 4.74 Å². The largest absolute Gasteiger partial charge is 0.493 e. The zero-order valence-electron chi connectivity index (χ0n) is 13.8. The fraction of sp³-hybridized carbons (Fsp3) is 0.588. The van der Waals surface area contributed by atoms with E-state index < -0.39 is 11.4 Å². The first kappa shape index (κ1) is 16.7. The van der Waals surface area contributed by atoms with E-state index in [1.807, 2.05) is 20.8 Å². The molecule has 5 heteroatoms. The minimum atomic E-state index is -0.701. The Morgan fingerprint density at radius 1 is 1.45 bits per heavy atom. The van der Waals surface area contributed by atoms with Crippen molar-refractivity contribution in [3.63, 3.8) is 0 Å². The van der Waals surface area contributed by atoms with E-state index in [2.05, 4.69) is 10.2 Å². The molecule has 1 atom stereocenters. The van der Waals surface area contributed by atoms with Gasteiger partial charge >= 0.3 is 0 Å². The number of amides is 1. The molecular weight excluding hydrogens is 283 g/mol. The SMILES string of the molecule is COc1c(F)cccc1C(C)(C)NC(=O)[C@H](C)CN1CCC1. The Hall–Kier alpha value is -1.62. The van der Waals surface area contributed by atoms with Crippen LogP contribution in [0, 0.1) is 11.7 Å². The number of rotatable bonds is 6. The molecule has 22 heavy (non-hydrogen) atoms. The second-order valence-electron chi connectivity index (χ2n) is 6.49. The summed E-state index contributed by atoms with van der Waals surface area (Å²) in [6.07, 6.45) is 1.21. The maximum Gasteiger partial charge on any atom is 0.224 e. The van der Waals surface area contributed by atoms with Gasteiger partial charge in [0.2, 0.25) is 5.91 Å². The van der Waals surface area contributed by atoms with E-state index in [0.29, 0.717) is 5.56 Å². The van der Waals surface area contributed by atoms with Gasteiger partial charge < -0.3 is 15.0 Å². The first-order valence-electron chi connectivity index (χ1n) is 7.72. The highest BCUT2D eigenvalue weighted by Gasteiger charge is 2.30. The molecule has 1 saturated heterocycles. The van der Waals surface area contributed by atoms with Crippen molar-refractivity contribution in [3.05, 3.63) is 29.6 Å². The maximum absolute atomic E-state index is 13.9. The van der Waals surface area contributed by atoms with Crippen molar-refractivity contribution in [1.29, 1.82) is 0 Å². The van der Waals surface area contributed by atoms with Crippen LogP contribution >= 0.6 is 0 Å². The number of hydrogen-bond donors (Lipinski definition) is 1. The van der Waals surface area contributed by atoms with E-state index in [1.54, 1.807) is 12.1 Å². The minimum Gasteiger partial charge on any atom is -0.493 e. The Balaban J connectivity index is 2.09. The molecule has 1 aliphatic rings. The van der Waals surface area contributed by atoms with Gasteiger partial charge in [-0.25, -0.2) is 4.39 Å². The highest BCUT2D eigenvalue weighted by molar-refractivity contribution is 5.79. The fourth-order valence-corrected chi connectivity index (χ4v) is 2.74. The molecule has 2 rings (SSSR count). The third-order valence-electron chi connectivity index (χ3n) is 4.21. The molecule has 0 unspecified atom stereocenters. The van der Waals surface area contributed by atoms with Gasteiger partial charge in [-0.05, 0) is 39.4 Å². The van der Waals surface area contributed by atoms with Crippen molar-refractivity contribution in [2.45, 2.75) is 32.7 Å². The number of halogens is 1. The van der Waals surface area contributed by atoms with Crippen molar-refractivity contribution in [2.75, 3.05) is 26.7 Å². The van der Waals surface area contributed by atoms with Gasteiger partial charge in [-0.2, -0.15) is 0 Å². The fourth-order valence-electron chi connectivity index (χ4n) is 2.74. The molecule has 1 heterocycles. The highest BCUT2D eigenvalue weighted by atomic mass is 19.1.